The maximum absolute atomic E-state index is 13.0. The second kappa shape index (κ2) is 4.93. The number of rotatable bonds is 3. The molecule has 0 radical (unpaired) electrons. The molecule has 1 aliphatic rings. The summed E-state index contributed by atoms with van der Waals surface area (Å²) in [5.74, 6) is -0.140. The quantitative estimate of drug-likeness (QED) is 0.815. The van der Waals surface area contributed by atoms with Gasteiger partial charge in [-0.05, 0) is 29.7 Å². The van der Waals surface area contributed by atoms with E-state index in [2.05, 4.69) is 24.5 Å². The van der Waals surface area contributed by atoms with E-state index in [0.717, 1.165) is 25.1 Å². The fraction of sp³-hybridized carbons (Fsp3) is 0.538. The standard InChI is InChI=1S/C13H19FN2/c1-9(2)15-8-13-6-10-3-4-12(14)5-11(10)7-16-13/h3-5,9,13,15-16H,6-8H2,1-2H3. The molecule has 3 heteroatoms. The average molecular weight is 222 g/mol. The molecule has 0 aliphatic carbocycles. The van der Waals surface area contributed by atoms with Gasteiger partial charge in [0.15, 0.2) is 0 Å². The normalized spacial score (nSPS) is 19.9. The Bertz CT molecular complexity index is 363. The topological polar surface area (TPSA) is 24.1 Å². The summed E-state index contributed by atoms with van der Waals surface area (Å²) in [6, 6.07) is 6.07. The van der Waals surface area contributed by atoms with Crippen molar-refractivity contribution in [3.05, 3.63) is 35.1 Å². The Labute approximate surface area is 96.2 Å². The Morgan fingerprint density at radius 3 is 3.00 bits per heavy atom. The zero-order valence-electron chi connectivity index (χ0n) is 9.89. The van der Waals surface area contributed by atoms with Gasteiger partial charge in [0.05, 0.1) is 0 Å². The van der Waals surface area contributed by atoms with Crippen LogP contribution in [-0.2, 0) is 13.0 Å². The van der Waals surface area contributed by atoms with Crippen LogP contribution in [0, 0.1) is 5.82 Å². The molecule has 16 heavy (non-hydrogen) atoms. The molecule has 0 spiro atoms. The summed E-state index contributed by atoms with van der Waals surface area (Å²) < 4.78 is 13.0. The Balaban J connectivity index is 1.98. The Morgan fingerprint density at radius 1 is 1.44 bits per heavy atom. The van der Waals surface area contributed by atoms with E-state index in [1.807, 2.05) is 6.07 Å². The second-order valence-corrected chi connectivity index (χ2v) is 4.76. The van der Waals surface area contributed by atoms with E-state index in [-0.39, 0.29) is 5.82 Å². The monoisotopic (exact) mass is 222 g/mol. The summed E-state index contributed by atoms with van der Waals surface area (Å²) in [6.45, 7) is 6.03. The first-order valence-electron chi connectivity index (χ1n) is 5.89. The maximum Gasteiger partial charge on any atom is 0.123 e. The van der Waals surface area contributed by atoms with Crippen molar-refractivity contribution in [3.8, 4) is 0 Å². The zero-order valence-corrected chi connectivity index (χ0v) is 9.89. The van der Waals surface area contributed by atoms with E-state index in [0.29, 0.717) is 12.1 Å². The fourth-order valence-electron chi connectivity index (χ4n) is 2.07. The molecule has 0 fully saturated rings. The van der Waals surface area contributed by atoms with Crippen molar-refractivity contribution in [2.24, 2.45) is 0 Å². The Hall–Kier alpha value is -0.930. The summed E-state index contributed by atoms with van der Waals surface area (Å²) in [6.07, 6.45) is 0.981. The maximum atomic E-state index is 13.0. The number of hydrogen-bond acceptors (Lipinski definition) is 2. The lowest BCUT2D eigenvalue weighted by molar-refractivity contribution is 0.428. The van der Waals surface area contributed by atoms with E-state index in [9.17, 15) is 4.39 Å². The van der Waals surface area contributed by atoms with Gasteiger partial charge in [0, 0.05) is 25.2 Å². The van der Waals surface area contributed by atoms with E-state index in [4.69, 9.17) is 0 Å². The molecule has 0 bridgehead atoms. The molecular weight excluding hydrogens is 203 g/mol. The van der Waals surface area contributed by atoms with Crippen LogP contribution in [0.2, 0.25) is 0 Å². The van der Waals surface area contributed by atoms with Crippen LogP contribution in [0.4, 0.5) is 4.39 Å². The van der Waals surface area contributed by atoms with Gasteiger partial charge in [0.2, 0.25) is 0 Å². The summed E-state index contributed by atoms with van der Waals surface area (Å²) in [4.78, 5) is 0. The first-order valence-corrected chi connectivity index (χ1v) is 5.89. The molecule has 1 atom stereocenters. The molecule has 0 saturated heterocycles. The van der Waals surface area contributed by atoms with Gasteiger partial charge in [-0.2, -0.15) is 0 Å². The predicted molar refractivity (Wildman–Crippen MR) is 63.9 cm³/mol. The summed E-state index contributed by atoms with van der Waals surface area (Å²) in [5.41, 5.74) is 2.37. The first kappa shape index (κ1) is 11.6. The van der Waals surface area contributed by atoms with Gasteiger partial charge in [0.25, 0.3) is 0 Å². The predicted octanol–water partition coefficient (Wildman–Crippen LogP) is 1.84. The van der Waals surface area contributed by atoms with Gasteiger partial charge in [0.1, 0.15) is 5.82 Å². The van der Waals surface area contributed by atoms with Crippen LogP contribution in [0.5, 0.6) is 0 Å². The largest absolute Gasteiger partial charge is 0.313 e. The number of nitrogens with one attached hydrogen (secondary N) is 2. The van der Waals surface area contributed by atoms with Crippen LogP contribution < -0.4 is 10.6 Å². The minimum atomic E-state index is -0.140. The number of fused-ring (bicyclic) bond motifs is 1. The van der Waals surface area contributed by atoms with Gasteiger partial charge in [-0.15, -0.1) is 0 Å². The molecule has 2 N–H and O–H groups in total. The van der Waals surface area contributed by atoms with Gasteiger partial charge in [-0.25, -0.2) is 4.39 Å². The van der Waals surface area contributed by atoms with Gasteiger partial charge in [-0.3, -0.25) is 0 Å². The molecule has 88 valence electrons. The highest BCUT2D eigenvalue weighted by Gasteiger charge is 2.17. The van der Waals surface area contributed by atoms with Crippen LogP contribution in [0.25, 0.3) is 0 Å². The highest BCUT2D eigenvalue weighted by atomic mass is 19.1. The van der Waals surface area contributed by atoms with Gasteiger partial charge >= 0.3 is 0 Å². The van der Waals surface area contributed by atoms with Crippen LogP contribution in [0.3, 0.4) is 0 Å². The van der Waals surface area contributed by atoms with Crippen molar-refractivity contribution in [1.29, 1.82) is 0 Å². The first-order chi connectivity index (χ1) is 7.65. The third kappa shape index (κ3) is 2.80. The minimum absolute atomic E-state index is 0.140. The molecule has 1 aliphatic heterocycles. The van der Waals surface area contributed by atoms with Crippen LogP contribution in [0.1, 0.15) is 25.0 Å². The molecule has 1 unspecified atom stereocenters. The van der Waals surface area contributed by atoms with Crippen LogP contribution >= 0.6 is 0 Å². The summed E-state index contributed by atoms with van der Waals surface area (Å²) >= 11 is 0. The van der Waals surface area contributed by atoms with Gasteiger partial charge < -0.3 is 10.6 Å². The molecular formula is C13H19FN2. The lowest BCUT2D eigenvalue weighted by Gasteiger charge is -2.27. The average Bonchev–Trinajstić information content (AvgIpc) is 2.26. The molecule has 1 heterocycles. The Kier molecular flexibility index (Phi) is 3.56. The minimum Gasteiger partial charge on any atom is -0.313 e. The third-order valence-corrected chi connectivity index (χ3v) is 2.99. The van der Waals surface area contributed by atoms with Crippen molar-refractivity contribution >= 4 is 0 Å². The zero-order chi connectivity index (χ0) is 11.5. The highest BCUT2D eigenvalue weighted by Crippen LogP contribution is 2.17. The number of benzene rings is 1. The fourth-order valence-corrected chi connectivity index (χ4v) is 2.07. The van der Waals surface area contributed by atoms with Crippen LogP contribution in [-0.4, -0.2) is 18.6 Å². The van der Waals surface area contributed by atoms with E-state index in [1.54, 1.807) is 12.1 Å². The molecule has 0 saturated carbocycles. The molecule has 1 aromatic rings. The van der Waals surface area contributed by atoms with Crippen molar-refractivity contribution in [3.63, 3.8) is 0 Å². The lowest BCUT2D eigenvalue weighted by atomic mass is 9.95. The number of hydrogen-bond donors (Lipinski definition) is 2. The summed E-state index contributed by atoms with van der Waals surface area (Å²) in [7, 11) is 0. The smallest absolute Gasteiger partial charge is 0.123 e. The van der Waals surface area contributed by atoms with Crippen molar-refractivity contribution in [2.45, 2.75) is 38.9 Å². The van der Waals surface area contributed by atoms with Gasteiger partial charge in [-0.1, -0.05) is 19.9 Å². The van der Waals surface area contributed by atoms with Crippen molar-refractivity contribution in [1.82, 2.24) is 10.6 Å². The molecule has 2 rings (SSSR count). The third-order valence-electron chi connectivity index (χ3n) is 2.99. The molecule has 1 aromatic carbocycles. The SMILES string of the molecule is CC(C)NCC1Cc2ccc(F)cc2CN1. The van der Waals surface area contributed by atoms with Crippen molar-refractivity contribution in [2.75, 3.05) is 6.54 Å². The van der Waals surface area contributed by atoms with E-state index < -0.39 is 0 Å². The number of halogens is 1. The molecule has 0 amide bonds. The van der Waals surface area contributed by atoms with Crippen LogP contribution in [0.15, 0.2) is 18.2 Å². The van der Waals surface area contributed by atoms with E-state index >= 15 is 0 Å². The second-order valence-electron chi connectivity index (χ2n) is 4.76. The lowest BCUT2D eigenvalue weighted by Crippen LogP contribution is -2.44. The van der Waals surface area contributed by atoms with E-state index in [1.165, 1.54) is 5.56 Å². The van der Waals surface area contributed by atoms with Crippen molar-refractivity contribution < 1.29 is 4.39 Å². The molecule has 0 aromatic heterocycles. The Morgan fingerprint density at radius 2 is 2.25 bits per heavy atom. The molecule has 2 nitrogen and oxygen atoms in total. The summed E-state index contributed by atoms with van der Waals surface area (Å²) in [5, 5.41) is 6.85. The highest BCUT2D eigenvalue weighted by molar-refractivity contribution is 5.30.